The Balaban J connectivity index is 1.91. The van der Waals surface area contributed by atoms with Gasteiger partial charge in [-0.1, -0.05) is 6.92 Å². The van der Waals surface area contributed by atoms with E-state index in [1.165, 1.54) is 45.3 Å². The van der Waals surface area contributed by atoms with Crippen molar-refractivity contribution in [3.05, 3.63) is 0 Å². The van der Waals surface area contributed by atoms with Gasteiger partial charge in [0.2, 0.25) is 0 Å². The van der Waals surface area contributed by atoms with E-state index in [1.807, 2.05) is 0 Å². The van der Waals surface area contributed by atoms with E-state index in [2.05, 4.69) is 31.0 Å². The van der Waals surface area contributed by atoms with Crippen LogP contribution < -0.4 is 5.32 Å². The molecular weight excluding hydrogens is 184 g/mol. The lowest BCUT2D eigenvalue weighted by molar-refractivity contribution is 0.0943. The molecule has 0 spiro atoms. The Hall–Kier alpha value is -0.0800. The monoisotopic (exact) mass is 210 g/mol. The topological polar surface area (TPSA) is 15.3 Å². The number of nitrogens with zero attached hydrogens (tertiary/aromatic N) is 1. The minimum atomic E-state index is 0.394. The van der Waals surface area contributed by atoms with Gasteiger partial charge in [-0.25, -0.2) is 0 Å². The predicted molar refractivity (Wildman–Crippen MR) is 65.1 cm³/mol. The first-order valence-corrected chi connectivity index (χ1v) is 6.58. The highest BCUT2D eigenvalue weighted by Crippen LogP contribution is 2.26. The summed E-state index contributed by atoms with van der Waals surface area (Å²) < 4.78 is 0. The zero-order valence-electron chi connectivity index (χ0n) is 10.6. The van der Waals surface area contributed by atoms with Gasteiger partial charge in [0, 0.05) is 24.7 Å². The predicted octanol–water partition coefficient (Wildman–Crippen LogP) is 2.25. The zero-order valence-corrected chi connectivity index (χ0v) is 10.6. The highest BCUT2D eigenvalue weighted by Gasteiger charge is 2.33. The van der Waals surface area contributed by atoms with Crippen molar-refractivity contribution < 1.29 is 0 Å². The molecule has 15 heavy (non-hydrogen) atoms. The molecule has 0 amide bonds. The van der Waals surface area contributed by atoms with E-state index in [-0.39, 0.29) is 0 Å². The number of hydrogen-bond acceptors (Lipinski definition) is 2. The fraction of sp³-hybridized carbons (Fsp3) is 1.00. The summed E-state index contributed by atoms with van der Waals surface area (Å²) >= 11 is 0. The summed E-state index contributed by atoms with van der Waals surface area (Å²) in [6.45, 7) is 10.9. The van der Waals surface area contributed by atoms with Crippen LogP contribution in [-0.4, -0.2) is 36.1 Å². The smallest absolute Gasteiger partial charge is 0.0281 e. The molecule has 2 fully saturated rings. The number of likely N-dealkylation sites (tertiary alicyclic amines) is 1. The second-order valence-corrected chi connectivity index (χ2v) is 6.05. The van der Waals surface area contributed by atoms with E-state index >= 15 is 0 Å². The van der Waals surface area contributed by atoms with Crippen LogP contribution in [0, 0.1) is 5.92 Å². The summed E-state index contributed by atoms with van der Waals surface area (Å²) in [6.07, 6.45) is 5.51. The van der Waals surface area contributed by atoms with Crippen LogP contribution in [0.2, 0.25) is 0 Å². The average Bonchev–Trinajstić information content (AvgIpc) is 2.59. The molecule has 2 aliphatic rings. The molecule has 3 unspecified atom stereocenters. The molecule has 2 aliphatic heterocycles. The lowest BCUT2D eigenvalue weighted by Crippen LogP contribution is -2.52. The van der Waals surface area contributed by atoms with E-state index < -0.39 is 0 Å². The molecule has 2 rings (SSSR count). The van der Waals surface area contributed by atoms with Crippen LogP contribution in [0.1, 0.15) is 46.5 Å². The number of piperidine rings is 1. The van der Waals surface area contributed by atoms with Gasteiger partial charge in [-0.2, -0.15) is 0 Å². The minimum absolute atomic E-state index is 0.394. The van der Waals surface area contributed by atoms with Crippen molar-refractivity contribution in [3.63, 3.8) is 0 Å². The highest BCUT2D eigenvalue weighted by molar-refractivity contribution is 4.93. The van der Waals surface area contributed by atoms with E-state index in [0.29, 0.717) is 5.54 Å². The van der Waals surface area contributed by atoms with E-state index in [4.69, 9.17) is 0 Å². The second kappa shape index (κ2) is 4.42. The van der Waals surface area contributed by atoms with Crippen molar-refractivity contribution in [1.29, 1.82) is 0 Å². The maximum absolute atomic E-state index is 3.67. The summed E-state index contributed by atoms with van der Waals surface area (Å²) in [5, 5.41) is 3.67. The van der Waals surface area contributed by atoms with Crippen LogP contribution in [0.4, 0.5) is 0 Å². The van der Waals surface area contributed by atoms with Crippen LogP contribution in [0.15, 0.2) is 0 Å². The van der Waals surface area contributed by atoms with Gasteiger partial charge >= 0.3 is 0 Å². The first kappa shape index (κ1) is 11.4. The van der Waals surface area contributed by atoms with Crippen LogP contribution in [0.5, 0.6) is 0 Å². The fourth-order valence-corrected chi connectivity index (χ4v) is 3.14. The molecule has 0 radical (unpaired) electrons. The van der Waals surface area contributed by atoms with Crippen molar-refractivity contribution in [3.8, 4) is 0 Å². The van der Waals surface area contributed by atoms with E-state index in [1.54, 1.807) is 0 Å². The molecule has 0 aromatic rings. The maximum Gasteiger partial charge on any atom is 0.0281 e. The van der Waals surface area contributed by atoms with Crippen molar-refractivity contribution in [2.75, 3.05) is 19.6 Å². The molecule has 1 N–H and O–H groups in total. The molecule has 88 valence electrons. The molecule has 0 aromatic carbocycles. The Morgan fingerprint density at radius 1 is 1.33 bits per heavy atom. The average molecular weight is 210 g/mol. The quantitative estimate of drug-likeness (QED) is 0.752. The summed E-state index contributed by atoms with van der Waals surface area (Å²) in [7, 11) is 0. The molecule has 2 nitrogen and oxygen atoms in total. The van der Waals surface area contributed by atoms with E-state index in [0.717, 1.165) is 12.0 Å². The highest BCUT2D eigenvalue weighted by atomic mass is 15.2. The van der Waals surface area contributed by atoms with Crippen LogP contribution in [0.3, 0.4) is 0 Å². The number of hydrogen-bond donors (Lipinski definition) is 1. The lowest BCUT2D eigenvalue weighted by atomic mass is 9.91. The summed E-state index contributed by atoms with van der Waals surface area (Å²) in [5.41, 5.74) is 0.394. The SMILES string of the molecule is CC1CCC(C)N(CC2(C)CCCN2)C1. The van der Waals surface area contributed by atoms with Gasteiger partial charge in [0.05, 0.1) is 0 Å². The largest absolute Gasteiger partial charge is 0.310 e. The normalized spacial score (nSPS) is 43.4. The van der Waals surface area contributed by atoms with Crippen molar-refractivity contribution in [1.82, 2.24) is 10.2 Å². The van der Waals surface area contributed by atoms with Crippen LogP contribution in [0.25, 0.3) is 0 Å². The molecule has 2 heteroatoms. The number of rotatable bonds is 2. The molecule has 0 saturated carbocycles. The Kier molecular flexibility index (Phi) is 3.36. The molecule has 2 heterocycles. The van der Waals surface area contributed by atoms with E-state index in [9.17, 15) is 0 Å². The Morgan fingerprint density at radius 3 is 2.80 bits per heavy atom. The van der Waals surface area contributed by atoms with Gasteiger partial charge in [-0.15, -0.1) is 0 Å². The molecule has 0 bridgehead atoms. The molecular formula is C13H26N2. The van der Waals surface area contributed by atoms with Crippen molar-refractivity contribution >= 4 is 0 Å². The third-order valence-electron chi connectivity index (χ3n) is 4.26. The Labute approximate surface area is 94.4 Å². The molecule has 0 aliphatic carbocycles. The third kappa shape index (κ3) is 2.73. The van der Waals surface area contributed by atoms with Gasteiger partial charge < -0.3 is 5.32 Å². The third-order valence-corrected chi connectivity index (χ3v) is 4.26. The zero-order chi connectivity index (χ0) is 10.9. The molecule has 2 saturated heterocycles. The summed E-state index contributed by atoms with van der Waals surface area (Å²) in [6, 6.07) is 0.792. The van der Waals surface area contributed by atoms with Crippen molar-refractivity contribution in [2.24, 2.45) is 5.92 Å². The van der Waals surface area contributed by atoms with Gasteiger partial charge in [-0.3, -0.25) is 4.90 Å². The van der Waals surface area contributed by atoms with Gasteiger partial charge in [0.15, 0.2) is 0 Å². The Morgan fingerprint density at radius 2 is 2.13 bits per heavy atom. The molecule has 3 atom stereocenters. The van der Waals surface area contributed by atoms with Gasteiger partial charge in [0.25, 0.3) is 0 Å². The second-order valence-electron chi connectivity index (χ2n) is 6.05. The summed E-state index contributed by atoms with van der Waals surface area (Å²) in [5.74, 6) is 0.895. The standard InChI is InChI=1S/C13H26N2/c1-11-5-6-12(2)15(9-11)10-13(3)7-4-8-14-13/h11-12,14H,4-10H2,1-3H3. The van der Waals surface area contributed by atoms with Crippen LogP contribution >= 0.6 is 0 Å². The van der Waals surface area contributed by atoms with Crippen LogP contribution in [-0.2, 0) is 0 Å². The number of nitrogens with one attached hydrogen (secondary N) is 1. The molecule has 0 aromatic heterocycles. The first-order chi connectivity index (χ1) is 7.09. The van der Waals surface area contributed by atoms with Crippen molar-refractivity contribution in [2.45, 2.75) is 58.0 Å². The fourth-order valence-electron chi connectivity index (χ4n) is 3.14. The summed E-state index contributed by atoms with van der Waals surface area (Å²) in [4.78, 5) is 2.70. The lowest BCUT2D eigenvalue weighted by Gasteiger charge is -2.41. The Bertz CT molecular complexity index is 209. The minimum Gasteiger partial charge on any atom is -0.310 e. The van der Waals surface area contributed by atoms with Gasteiger partial charge in [0.1, 0.15) is 0 Å². The first-order valence-electron chi connectivity index (χ1n) is 6.58. The van der Waals surface area contributed by atoms with Gasteiger partial charge in [-0.05, 0) is 52.0 Å². The maximum atomic E-state index is 3.67.